The summed E-state index contributed by atoms with van der Waals surface area (Å²) in [5, 5.41) is 13.9. The van der Waals surface area contributed by atoms with Gasteiger partial charge >= 0.3 is 12.3 Å². The molecule has 194 valence electrons. The summed E-state index contributed by atoms with van der Waals surface area (Å²) in [4.78, 5) is 35.5. The molecule has 2 amide bonds. The van der Waals surface area contributed by atoms with Crippen molar-refractivity contribution in [3.05, 3.63) is 58.6 Å². The molecular weight excluding hydrogens is 505 g/mol. The van der Waals surface area contributed by atoms with Crippen molar-refractivity contribution in [1.29, 1.82) is 0 Å². The van der Waals surface area contributed by atoms with E-state index in [0.29, 0.717) is 37.0 Å². The Labute approximate surface area is 209 Å². The van der Waals surface area contributed by atoms with Gasteiger partial charge in [0, 0.05) is 24.2 Å². The summed E-state index contributed by atoms with van der Waals surface area (Å²) in [6.07, 6.45) is -2.51. The fourth-order valence-electron chi connectivity index (χ4n) is 3.71. The Bertz CT molecular complexity index is 1090. The maximum absolute atomic E-state index is 12.3. The number of aliphatic carboxylic acids is 1. The van der Waals surface area contributed by atoms with E-state index in [9.17, 15) is 27.6 Å². The minimum atomic E-state index is -4.90. The molecule has 0 atom stereocenters. The topological polar surface area (TPSA) is 114 Å². The van der Waals surface area contributed by atoms with Gasteiger partial charge in [0.15, 0.2) is 0 Å². The number of carbonyl (C=O) groups is 3. The second-order valence-electron chi connectivity index (χ2n) is 8.16. The number of rotatable bonds is 9. The van der Waals surface area contributed by atoms with Gasteiger partial charge in [0.1, 0.15) is 11.5 Å². The van der Waals surface area contributed by atoms with Crippen molar-refractivity contribution in [2.24, 2.45) is 5.92 Å². The number of carbonyl (C=O) groups excluding carboxylic acids is 2. The zero-order valence-corrected chi connectivity index (χ0v) is 19.7. The minimum absolute atomic E-state index is 0.0351. The van der Waals surface area contributed by atoms with Gasteiger partial charge in [-0.15, -0.1) is 13.2 Å². The quantitative estimate of drug-likeness (QED) is 0.415. The summed E-state index contributed by atoms with van der Waals surface area (Å²) in [6.45, 7) is 0.182. The van der Waals surface area contributed by atoms with Crippen molar-refractivity contribution >= 4 is 29.4 Å². The largest absolute Gasteiger partial charge is 0.573 e. The zero-order valence-electron chi connectivity index (χ0n) is 18.9. The van der Waals surface area contributed by atoms with Crippen LogP contribution in [-0.2, 0) is 4.79 Å². The molecule has 0 radical (unpaired) electrons. The number of carboxylic acid groups (broad SMARTS) is 1. The van der Waals surface area contributed by atoms with E-state index in [2.05, 4.69) is 15.4 Å². The average Bonchev–Trinajstić information content (AvgIpc) is 2.83. The van der Waals surface area contributed by atoms with Crippen molar-refractivity contribution in [1.82, 2.24) is 10.6 Å². The van der Waals surface area contributed by atoms with Gasteiger partial charge in [-0.25, -0.2) is 0 Å². The third kappa shape index (κ3) is 8.04. The number of amides is 2. The Morgan fingerprint density at radius 1 is 0.917 bits per heavy atom. The number of alkyl halides is 3. The number of halogens is 4. The van der Waals surface area contributed by atoms with Crippen molar-refractivity contribution in [2.75, 3.05) is 13.1 Å². The Balaban J connectivity index is 1.40. The summed E-state index contributed by atoms with van der Waals surface area (Å²) in [5.74, 6) is -2.07. The number of nitrogens with one attached hydrogen (secondary N) is 2. The molecule has 0 unspecified atom stereocenters. The molecule has 3 N–H and O–H groups in total. The second-order valence-corrected chi connectivity index (χ2v) is 8.57. The Hall–Kier alpha value is -3.47. The summed E-state index contributed by atoms with van der Waals surface area (Å²) >= 11 is 5.74. The summed E-state index contributed by atoms with van der Waals surface area (Å²) in [5.41, 5.74) is 0.420. The van der Waals surface area contributed by atoms with Crippen LogP contribution in [-0.4, -0.2) is 48.4 Å². The Morgan fingerprint density at radius 3 is 2.00 bits per heavy atom. The lowest BCUT2D eigenvalue weighted by molar-refractivity contribution is -0.274. The van der Waals surface area contributed by atoms with E-state index in [1.807, 2.05) is 0 Å². The van der Waals surface area contributed by atoms with E-state index < -0.39 is 24.0 Å². The predicted octanol–water partition coefficient (Wildman–Crippen LogP) is 4.42. The van der Waals surface area contributed by atoms with E-state index in [1.54, 1.807) is 24.3 Å². The number of carboxylic acids is 1. The molecule has 1 fully saturated rings. The second kappa shape index (κ2) is 12.0. The summed E-state index contributed by atoms with van der Waals surface area (Å²) in [6, 6.07) is 9.66. The van der Waals surface area contributed by atoms with Crippen LogP contribution >= 0.6 is 11.6 Å². The zero-order chi connectivity index (χ0) is 26.3. The highest BCUT2D eigenvalue weighted by Crippen LogP contribution is 2.31. The summed E-state index contributed by atoms with van der Waals surface area (Å²) < 4.78 is 46.5. The van der Waals surface area contributed by atoms with Crippen LogP contribution < -0.4 is 20.1 Å². The summed E-state index contributed by atoms with van der Waals surface area (Å²) in [7, 11) is 0. The molecule has 0 aliphatic heterocycles. The minimum Gasteiger partial charge on any atom is -0.490 e. The first kappa shape index (κ1) is 27.1. The molecule has 0 aromatic heterocycles. The highest BCUT2D eigenvalue weighted by molar-refractivity contribution is 6.32. The van der Waals surface area contributed by atoms with Gasteiger partial charge in [-0.3, -0.25) is 14.4 Å². The lowest BCUT2D eigenvalue weighted by Gasteiger charge is -2.26. The molecule has 2 aromatic carbocycles. The average molecular weight is 529 g/mol. The van der Waals surface area contributed by atoms with Crippen LogP contribution in [0.1, 0.15) is 46.4 Å². The van der Waals surface area contributed by atoms with Gasteiger partial charge in [0.2, 0.25) is 0 Å². The molecule has 2 aromatic rings. The Kier molecular flexibility index (Phi) is 9.03. The van der Waals surface area contributed by atoms with Crippen molar-refractivity contribution in [2.45, 2.75) is 38.1 Å². The van der Waals surface area contributed by atoms with Crippen molar-refractivity contribution in [3.63, 3.8) is 0 Å². The lowest BCUT2D eigenvalue weighted by atomic mass is 9.87. The molecular formula is C24H24ClF3N2O6. The molecule has 0 saturated heterocycles. The van der Waals surface area contributed by atoms with Gasteiger partial charge in [0.25, 0.3) is 11.8 Å². The SMILES string of the molecule is O=C(NCCNC(=O)c1ccc(OC(F)(F)F)c(Cl)c1)c1ccc(OC2CCC(C(=O)O)CC2)cc1. The van der Waals surface area contributed by atoms with Crippen LogP contribution in [0.2, 0.25) is 5.02 Å². The van der Waals surface area contributed by atoms with Gasteiger partial charge in [-0.2, -0.15) is 0 Å². The van der Waals surface area contributed by atoms with Crippen molar-refractivity contribution < 1.29 is 42.1 Å². The molecule has 12 heteroatoms. The number of hydrogen-bond acceptors (Lipinski definition) is 5. The van der Waals surface area contributed by atoms with Gasteiger partial charge in [-0.1, -0.05) is 11.6 Å². The van der Waals surface area contributed by atoms with Crippen LogP contribution in [0, 0.1) is 5.92 Å². The Morgan fingerprint density at radius 2 is 1.47 bits per heavy atom. The predicted molar refractivity (Wildman–Crippen MR) is 123 cm³/mol. The molecule has 1 aliphatic rings. The smallest absolute Gasteiger partial charge is 0.490 e. The van der Waals surface area contributed by atoms with Crippen LogP contribution in [0.15, 0.2) is 42.5 Å². The monoisotopic (exact) mass is 528 g/mol. The molecule has 36 heavy (non-hydrogen) atoms. The first-order valence-electron chi connectivity index (χ1n) is 11.1. The molecule has 0 heterocycles. The van der Waals surface area contributed by atoms with Gasteiger partial charge in [-0.05, 0) is 68.1 Å². The number of benzene rings is 2. The van der Waals surface area contributed by atoms with E-state index >= 15 is 0 Å². The van der Waals surface area contributed by atoms with E-state index in [-0.39, 0.29) is 41.6 Å². The maximum atomic E-state index is 12.3. The third-order valence-electron chi connectivity index (χ3n) is 5.56. The molecule has 0 bridgehead atoms. The number of ether oxygens (including phenoxy) is 2. The molecule has 8 nitrogen and oxygen atoms in total. The highest BCUT2D eigenvalue weighted by Gasteiger charge is 2.32. The molecule has 1 aliphatic carbocycles. The van der Waals surface area contributed by atoms with Gasteiger partial charge < -0.3 is 25.2 Å². The van der Waals surface area contributed by atoms with Crippen LogP contribution in [0.4, 0.5) is 13.2 Å². The fraction of sp³-hybridized carbons (Fsp3) is 0.375. The lowest BCUT2D eigenvalue weighted by Crippen LogP contribution is -2.34. The van der Waals surface area contributed by atoms with E-state index in [1.165, 1.54) is 0 Å². The third-order valence-corrected chi connectivity index (χ3v) is 5.85. The van der Waals surface area contributed by atoms with Crippen LogP contribution in [0.25, 0.3) is 0 Å². The van der Waals surface area contributed by atoms with Gasteiger partial charge in [0.05, 0.1) is 17.0 Å². The molecule has 1 saturated carbocycles. The molecule has 3 rings (SSSR count). The normalized spacial score (nSPS) is 17.7. The standard InChI is InChI=1S/C24H24ClF3N2O6/c25-19-13-16(5-10-20(19)36-24(26,27)28)22(32)30-12-11-29-21(31)14-1-6-17(7-2-14)35-18-8-3-15(4-9-18)23(33)34/h1-2,5-7,10,13,15,18H,3-4,8-9,11-12H2,(H,29,31)(H,30,32)(H,33,34). The first-order chi connectivity index (χ1) is 17.0. The first-order valence-corrected chi connectivity index (χ1v) is 11.5. The molecule has 0 spiro atoms. The van der Waals surface area contributed by atoms with E-state index in [4.69, 9.17) is 21.4 Å². The van der Waals surface area contributed by atoms with Crippen molar-refractivity contribution in [3.8, 4) is 11.5 Å². The number of hydrogen-bond donors (Lipinski definition) is 3. The van der Waals surface area contributed by atoms with E-state index in [0.717, 1.165) is 18.2 Å². The van der Waals surface area contributed by atoms with Crippen LogP contribution in [0.3, 0.4) is 0 Å². The highest BCUT2D eigenvalue weighted by atomic mass is 35.5. The van der Waals surface area contributed by atoms with Crippen LogP contribution in [0.5, 0.6) is 11.5 Å². The maximum Gasteiger partial charge on any atom is 0.573 e. The fourth-order valence-corrected chi connectivity index (χ4v) is 3.93.